The van der Waals surface area contributed by atoms with Gasteiger partial charge in [0.2, 0.25) is 10.0 Å². The van der Waals surface area contributed by atoms with Crippen molar-refractivity contribution in [1.82, 2.24) is 9.71 Å². The summed E-state index contributed by atoms with van der Waals surface area (Å²) < 4.78 is 26.9. The first-order valence-corrected chi connectivity index (χ1v) is 8.09. The second-order valence-electron chi connectivity index (χ2n) is 4.48. The zero-order chi connectivity index (χ0) is 15.5. The normalized spacial score (nSPS) is 11.3. The standard InChI is InChI=1S/C14H15N3O2S2/c1-10-3-2-8-16-13(10)9-17-21(18,19)12-6-4-11(5-7-12)14(15)20/h2-8,17H,9H2,1H3,(H2,15,20). The van der Waals surface area contributed by atoms with Crippen LogP contribution in [-0.4, -0.2) is 18.4 Å². The lowest BCUT2D eigenvalue weighted by Gasteiger charge is -2.08. The average Bonchev–Trinajstić information content (AvgIpc) is 2.46. The van der Waals surface area contributed by atoms with Gasteiger partial charge in [0.1, 0.15) is 4.99 Å². The number of aromatic nitrogens is 1. The molecule has 0 amide bonds. The summed E-state index contributed by atoms with van der Waals surface area (Å²) in [5.41, 5.74) is 7.74. The molecule has 1 aromatic heterocycles. The van der Waals surface area contributed by atoms with Crippen molar-refractivity contribution in [3.63, 3.8) is 0 Å². The molecule has 0 aliphatic carbocycles. The Hall–Kier alpha value is -1.83. The van der Waals surface area contributed by atoms with Gasteiger partial charge in [-0.3, -0.25) is 4.98 Å². The molecule has 2 aromatic rings. The number of hydrogen-bond donors (Lipinski definition) is 2. The molecule has 0 saturated carbocycles. The Labute approximate surface area is 129 Å². The maximum Gasteiger partial charge on any atom is 0.240 e. The van der Waals surface area contributed by atoms with Crippen LogP contribution in [0, 0.1) is 6.92 Å². The van der Waals surface area contributed by atoms with Crippen molar-refractivity contribution in [3.05, 3.63) is 59.4 Å². The Balaban J connectivity index is 2.15. The van der Waals surface area contributed by atoms with Crippen molar-refractivity contribution in [2.45, 2.75) is 18.4 Å². The predicted octanol–water partition coefficient (Wildman–Crippen LogP) is 1.50. The minimum Gasteiger partial charge on any atom is -0.389 e. The number of nitrogens with zero attached hydrogens (tertiary/aromatic N) is 1. The van der Waals surface area contributed by atoms with Crippen LogP contribution in [0.4, 0.5) is 0 Å². The van der Waals surface area contributed by atoms with Crippen LogP contribution < -0.4 is 10.5 Å². The van der Waals surface area contributed by atoms with Crippen molar-refractivity contribution in [3.8, 4) is 0 Å². The summed E-state index contributed by atoms with van der Waals surface area (Å²) in [6.07, 6.45) is 1.63. The molecule has 0 aliphatic rings. The van der Waals surface area contributed by atoms with Crippen LogP contribution in [0.15, 0.2) is 47.5 Å². The first kappa shape index (κ1) is 15.6. The maximum atomic E-state index is 12.2. The van der Waals surface area contributed by atoms with Gasteiger partial charge in [-0.2, -0.15) is 0 Å². The molecule has 0 unspecified atom stereocenters. The minimum atomic E-state index is -3.59. The topological polar surface area (TPSA) is 85.1 Å². The molecule has 1 aromatic carbocycles. The number of sulfonamides is 1. The third-order valence-electron chi connectivity index (χ3n) is 3.00. The number of benzene rings is 1. The summed E-state index contributed by atoms with van der Waals surface area (Å²) in [6.45, 7) is 2.03. The van der Waals surface area contributed by atoms with E-state index in [0.717, 1.165) is 5.56 Å². The van der Waals surface area contributed by atoms with Crippen LogP contribution in [0.3, 0.4) is 0 Å². The van der Waals surface area contributed by atoms with Gasteiger partial charge in [-0.15, -0.1) is 0 Å². The number of rotatable bonds is 5. The van der Waals surface area contributed by atoms with E-state index >= 15 is 0 Å². The van der Waals surface area contributed by atoms with Gasteiger partial charge in [0.15, 0.2) is 0 Å². The summed E-state index contributed by atoms with van der Waals surface area (Å²) in [5.74, 6) is 0. The summed E-state index contributed by atoms with van der Waals surface area (Å²) in [7, 11) is -3.59. The fourth-order valence-corrected chi connectivity index (χ4v) is 2.87. The molecule has 0 bridgehead atoms. The summed E-state index contributed by atoms with van der Waals surface area (Å²) in [6, 6.07) is 9.81. The molecule has 2 rings (SSSR count). The number of thiocarbonyl (C=S) groups is 1. The highest BCUT2D eigenvalue weighted by atomic mass is 32.2. The smallest absolute Gasteiger partial charge is 0.240 e. The molecule has 3 N–H and O–H groups in total. The van der Waals surface area contributed by atoms with Gasteiger partial charge in [0, 0.05) is 11.8 Å². The molecule has 110 valence electrons. The Morgan fingerprint density at radius 3 is 2.52 bits per heavy atom. The lowest BCUT2D eigenvalue weighted by molar-refractivity contribution is 0.580. The largest absolute Gasteiger partial charge is 0.389 e. The summed E-state index contributed by atoms with van der Waals surface area (Å²) >= 11 is 4.83. The monoisotopic (exact) mass is 321 g/mol. The molecule has 1 heterocycles. The maximum absolute atomic E-state index is 12.2. The lowest BCUT2D eigenvalue weighted by atomic mass is 10.2. The first-order valence-electron chi connectivity index (χ1n) is 6.20. The Morgan fingerprint density at radius 1 is 1.29 bits per heavy atom. The number of nitrogens with two attached hydrogens (primary N) is 1. The van der Waals surface area contributed by atoms with Gasteiger partial charge in [-0.25, -0.2) is 13.1 Å². The number of pyridine rings is 1. The van der Waals surface area contributed by atoms with E-state index in [9.17, 15) is 8.42 Å². The Morgan fingerprint density at radius 2 is 1.95 bits per heavy atom. The van der Waals surface area contributed by atoms with E-state index in [1.165, 1.54) is 12.1 Å². The van der Waals surface area contributed by atoms with Crippen LogP contribution in [0.25, 0.3) is 0 Å². The van der Waals surface area contributed by atoms with Gasteiger partial charge < -0.3 is 5.73 Å². The molecule has 0 saturated heterocycles. The molecule has 0 fully saturated rings. The van der Waals surface area contributed by atoms with Crippen LogP contribution in [0.5, 0.6) is 0 Å². The zero-order valence-electron chi connectivity index (χ0n) is 11.4. The summed E-state index contributed by atoms with van der Waals surface area (Å²) in [5, 5.41) is 0. The van der Waals surface area contributed by atoms with E-state index < -0.39 is 10.0 Å². The number of nitrogens with one attached hydrogen (secondary N) is 1. The fraction of sp³-hybridized carbons (Fsp3) is 0.143. The van der Waals surface area contributed by atoms with E-state index in [-0.39, 0.29) is 16.4 Å². The minimum absolute atomic E-state index is 0.145. The van der Waals surface area contributed by atoms with E-state index in [2.05, 4.69) is 9.71 Å². The fourth-order valence-electron chi connectivity index (χ4n) is 1.75. The van der Waals surface area contributed by atoms with Crippen LogP contribution in [0.2, 0.25) is 0 Å². The molecule has 7 heteroatoms. The first-order chi connectivity index (χ1) is 9.90. The van der Waals surface area contributed by atoms with E-state index in [1.807, 2.05) is 19.1 Å². The lowest BCUT2D eigenvalue weighted by Crippen LogP contribution is -2.24. The molecule has 0 atom stereocenters. The zero-order valence-corrected chi connectivity index (χ0v) is 13.0. The van der Waals surface area contributed by atoms with E-state index in [4.69, 9.17) is 18.0 Å². The summed E-state index contributed by atoms with van der Waals surface area (Å²) in [4.78, 5) is 4.55. The van der Waals surface area contributed by atoms with Crippen molar-refractivity contribution < 1.29 is 8.42 Å². The SMILES string of the molecule is Cc1cccnc1CNS(=O)(=O)c1ccc(C(N)=S)cc1. The molecule has 21 heavy (non-hydrogen) atoms. The molecule has 0 spiro atoms. The number of aryl methyl sites for hydroxylation is 1. The molecular weight excluding hydrogens is 306 g/mol. The van der Waals surface area contributed by atoms with Crippen molar-refractivity contribution in [2.24, 2.45) is 5.73 Å². The van der Waals surface area contributed by atoms with Gasteiger partial charge in [0.25, 0.3) is 0 Å². The molecule has 0 radical (unpaired) electrons. The highest BCUT2D eigenvalue weighted by Crippen LogP contribution is 2.12. The second-order valence-corrected chi connectivity index (χ2v) is 6.69. The van der Waals surface area contributed by atoms with Crippen LogP contribution in [-0.2, 0) is 16.6 Å². The quantitative estimate of drug-likeness (QED) is 0.815. The van der Waals surface area contributed by atoms with Gasteiger partial charge in [0.05, 0.1) is 17.1 Å². The van der Waals surface area contributed by atoms with Gasteiger partial charge in [-0.05, 0) is 30.7 Å². The molecular formula is C14H15N3O2S2. The second kappa shape index (κ2) is 6.30. The Bertz CT molecular complexity index is 756. The molecule has 0 aliphatic heterocycles. The van der Waals surface area contributed by atoms with Crippen molar-refractivity contribution in [1.29, 1.82) is 0 Å². The number of hydrogen-bond acceptors (Lipinski definition) is 4. The van der Waals surface area contributed by atoms with E-state index in [0.29, 0.717) is 11.3 Å². The average molecular weight is 321 g/mol. The molecule has 5 nitrogen and oxygen atoms in total. The third kappa shape index (κ3) is 3.84. The van der Waals surface area contributed by atoms with Gasteiger partial charge >= 0.3 is 0 Å². The van der Waals surface area contributed by atoms with Crippen molar-refractivity contribution in [2.75, 3.05) is 0 Å². The van der Waals surface area contributed by atoms with E-state index in [1.54, 1.807) is 18.3 Å². The van der Waals surface area contributed by atoms with Gasteiger partial charge in [-0.1, -0.05) is 30.4 Å². The Kier molecular flexibility index (Phi) is 4.66. The predicted molar refractivity (Wildman–Crippen MR) is 85.3 cm³/mol. The third-order valence-corrected chi connectivity index (χ3v) is 4.65. The van der Waals surface area contributed by atoms with Crippen molar-refractivity contribution >= 4 is 27.2 Å². The highest BCUT2D eigenvalue weighted by Gasteiger charge is 2.14. The van der Waals surface area contributed by atoms with Crippen LogP contribution >= 0.6 is 12.2 Å². The van der Waals surface area contributed by atoms with Crippen LogP contribution in [0.1, 0.15) is 16.8 Å². The highest BCUT2D eigenvalue weighted by molar-refractivity contribution is 7.89.